The first-order chi connectivity index (χ1) is 11.6. The molecule has 0 aliphatic carbocycles. The Hall–Kier alpha value is -1.51. The number of fused-ring (bicyclic) bond motifs is 1. The molecule has 2 rings (SSSR count). The number of nitrogens with zero attached hydrogens (tertiary/aromatic N) is 1. The summed E-state index contributed by atoms with van der Waals surface area (Å²) in [7, 11) is 2.14. The van der Waals surface area contributed by atoms with Crippen LogP contribution in [0.15, 0.2) is 18.2 Å². The molecule has 0 spiro atoms. The van der Waals surface area contributed by atoms with Gasteiger partial charge in [-0.15, -0.1) is 0 Å². The lowest BCUT2D eigenvalue weighted by atomic mass is 10.0. The molecule has 0 amide bonds. The van der Waals surface area contributed by atoms with Crippen LogP contribution in [0.2, 0.25) is 0 Å². The van der Waals surface area contributed by atoms with Gasteiger partial charge >= 0.3 is 5.97 Å². The Morgan fingerprint density at radius 3 is 2.33 bits per heavy atom. The zero-order valence-corrected chi connectivity index (χ0v) is 15.4. The fourth-order valence-electron chi connectivity index (χ4n) is 3.80. The average Bonchev–Trinajstić information content (AvgIpc) is 2.89. The average molecular weight is 332 g/mol. The molecule has 1 aromatic carbocycles. The van der Waals surface area contributed by atoms with Crippen molar-refractivity contribution >= 4 is 11.7 Å². The summed E-state index contributed by atoms with van der Waals surface area (Å²) in [6.45, 7) is 2.26. The first kappa shape index (κ1) is 18.8. The summed E-state index contributed by atoms with van der Waals surface area (Å²) >= 11 is 0. The highest BCUT2D eigenvalue weighted by Crippen LogP contribution is 2.33. The van der Waals surface area contributed by atoms with Crippen molar-refractivity contribution < 1.29 is 9.90 Å². The molecule has 0 bridgehead atoms. The van der Waals surface area contributed by atoms with Crippen LogP contribution in [0.1, 0.15) is 87.1 Å². The number of rotatable bonds is 11. The molecule has 1 unspecified atom stereocenters. The maximum Gasteiger partial charge on any atom is 0.335 e. The fourth-order valence-corrected chi connectivity index (χ4v) is 3.80. The van der Waals surface area contributed by atoms with E-state index in [9.17, 15) is 4.79 Å². The Balaban J connectivity index is 1.65. The second-order valence-corrected chi connectivity index (χ2v) is 7.23. The van der Waals surface area contributed by atoms with E-state index < -0.39 is 5.97 Å². The number of carbonyl (C=O) groups is 1. The smallest absolute Gasteiger partial charge is 0.335 e. The summed E-state index contributed by atoms with van der Waals surface area (Å²) in [6, 6.07) is 6.08. The number of hydrogen-bond donors (Lipinski definition) is 1. The van der Waals surface area contributed by atoms with E-state index in [1.54, 1.807) is 6.07 Å². The van der Waals surface area contributed by atoms with Gasteiger partial charge in [-0.1, -0.05) is 64.7 Å². The minimum absolute atomic E-state index is 0.408. The first-order valence-electron chi connectivity index (χ1n) is 9.72. The summed E-state index contributed by atoms with van der Waals surface area (Å²) in [5.41, 5.74) is 2.81. The van der Waals surface area contributed by atoms with Gasteiger partial charge in [0.25, 0.3) is 0 Å². The molecule has 1 N–H and O–H groups in total. The Morgan fingerprint density at radius 1 is 1.08 bits per heavy atom. The van der Waals surface area contributed by atoms with Crippen molar-refractivity contribution in [2.24, 2.45) is 0 Å². The highest BCUT2D eigenvalue weighted by molar-refractivity contribution is 5.88. The summed E-state index contributed by atoms with van der Waals surface area (Å²) in [6.07, 6.45) is 14.5. The standard InChI is InChI=1S/C21H33NO2/c1-3-4-5-6-7-8-9-10-11-12-19-16-18-15-17(21(23)24)13-14-20(18)22(19)2/h13-15,19H,3-12,16H2,1-2H3,(H,23,24). The van der Waals surface area contributed by atoms with Crippen molar-refractivity contribution in [1.82, 2.24) is 0 Å². The lowest BCUT2D eigenvalue weighted by molar-refractivity contribution is 0.0697. The number of anilines is 1. The molecule has 0 saturated carbocycles. The van der Waals surface area contributed by atoms with Gasteiger partial charge in [0.1, 0.15) is 0 Å². The van der Waals surface area contributed by atoms with E-state index in [1.165, 1.54) is 75.5 Å². The van der Waals surface area contributed by atoms with Gasteiger partial charge < -0.3 is 10.0 Å². The molecular weight excluding hydrogens is 298 g/mol. The molecule has 0 saturated heterocycles. The summed E-state index contributed by atoms with van der Waals surface area (Å²) in [4.78, 5) is 13.4. The monoisotopic (exact) mass is 331 g/mol. The minimum atomic E-state index is -0.831. The van der Waals surface area contributed by atoms with E-state index in [1.807, 2.05) is 12.1 Å². The van der Waals surface area contributed by atoms with Gasteiger partial charge in [-0.3, -0.25) is 0 Å². The van der Waals surface area contributed by atoms with Crippen LogP contribution >= 0.6 is 0 Å². The zero-order valence-electron chi connectivity index (χ0n) is 15.4. The van der Waals surface area contributed by atoms with Crippen molar-refractivity contribution in [3.05, 3.63) is 29.3 Å². The second-order valence-electron chi connectivity index (χ2n) is 7.23. The molecular formula is C21H33NO2. The maximum atomic E-state index is 11.1. The van der Waals surface area contributed by atoms with Gasteiger partial charge in [0.05, 0.1) is 5.56 Å². The Kier molecular flexibility index (Phi) is 7.61. The van der Waals surface area contributed by atoms with Gasteiger partial charge in [0.2, 0.25) is 0 Å². The number of carboxylic acid groups (broad SMARTS) is 1. The number of benzene rings is 1. The molecule has 0 radical (unpaired) electrons. The van der Waals surface area contributed by atoms with Crippen LogP contribution in [-0.4, -0.2) is 24.2 Å². The van der Waals surface area contributed by atoms with E-state index in [0.29, 0.717) is 11.6 Å². The van der Waals surface area contributed by atoms with Crippen LogP contribution in [0.3, 0.4) is 0 Å². The topological polar surface area (TPSA) is 40.5 Å². The van der Waals surface area contributed by atoms with Gasteiger partial charge in [-0.2, -0.15) is 0 Å². The number of likely N-dealkylation sites (N-methyl/N-ethyl adjacent to an activating group) is 1. The highest BCUT2D eigenvalue weighted by atomic mass is 16.4. The highest BCUT2D eigenvalue weighted by Gasteiger charge is 2.26. The lowest BCUT2D eigenvalue weighted by Crippen LogP contribution is -2.27. The van der Waals surface area contributed by atoms with Crippen LogP contribution in [-0.2, 0) is 6.42 Å². The van der Waals surface area contributed by atoms with E-state index in [2.05, 4.69) is 18.9 Å². The number of carboxylic acids is 1. The summed E-state index contributed by atoms with van der Waals surface area (Å²) < 4.78 is 0. The van der Waals surface area contributed by atoms with Crippen molar-refractivity contribution in [3.63, 3.8) is 0 Å². The molecule has 134 valence electrons. The van der Waals surface area contributed by atoms with E-state index in [4.69, 9.17) is 5.11 Å². The lowest BCUT2D eigenvalue weighted by Gasteiger charge is -2.22. The predicted molar refractivity (Wildman–Crippen MR) is 101 cm³/mol. The third kappa shape index (κ3) is 5.25. The van der Waals surface area contributed by atoms with Gasteiger partial charge in [0.15, 0.2) is 0 Å². The van der Waals surface area contributed by atoms with Crippen molar-refractivity contribution in [2.75, 3.05) is 11.9 Å². The molecule has 24 heavy (non-hydrogen) atoms. The van der Waals surface area contributed by atoms with Crippen LogP contribution in [0, 0.1) is 0 Å². The van der Waals surface area contributed by atoms with E-state index in [0.717, 1.165) is 6.42 Å². The van der Waals surface area contributed by atoms with Crippen LogP contribution in [0.5, 0.6) is 0 Å². The van der Waals surface area contributed by atoms with Crippen molar-refractivity contribution in [1.29, 1.82) is 0 Å². The van der Waals surface area contributed by atoms with Crippen molar-refractivity contribution in [3.8, 4) is 0 Å². The molecule has 1 aliphatic rings. The number of aromatic carboxylic acids is 1. The Morgan fingerprint density at radius 2 is 1.71 bits per heavy atom. The Labute approximate surface area is 147 Å². The minimum Gasteiger partial charge on any atom is -0.478 e. The number of hydrogen-bond acceptors (Lipinski definition) is 2. The second kappa shape index (κ2) is 9.71. The normalized spacial score (nSPS) is 16.4. The predicted octanol–water partition coefficient (Wildman–Crippen LogP) is 5.67. The van der Waals surface area contributed by atoms with Crippen LogP contribution in [0.25, 0.3) is 0 Å². The van der Waals surface area contributed by atoms with Gasteiger partial charge in [-0.05, 0) is 36.6 Å². The SMILES string of the molecule is CCCCCCCCCCCC1Cc2cc(C(=O)O)ccc2N1C. The van der Waals surface area contributed by atoms with E-state index in [-0.39, 0.29) is 0 Å². The molecule has 0 fully saturated rings. The summed E-state index contributed by atoms with van der Waals surface area (Å²) in [5, 5.41) is 9.13. The maximum absolute atomic E-state index is 11.1. The largest absolute Gasteiger partial charge is 0.478 e. The van der Waals surface area contributed by atoms with Crippen LogP contribution < -0.4 is 4.90 Å². The molecule has 1 heterocycles. The summed E-state index contributed by atoms with van der Waals surface area (Å²) in [5.74, 6) is -0.831. The third-order valence-electron chi connectivity index (χ3n) is 5.35. The molecule has 1 atom stereocenters. The molecule has 1 aromatic rings. The first-order valence-corrected chi connectivity index (χ1v) is 9.72. The molecule has 0 aromatic heterocycles. The van der Waals surface area contributed by atoms with Crippen LogP contribution in [0.4, 0.5) is 5.69 Å². The fraction of sp³-hybridized carbons (Fsp3) is 0.667. The molecule has 3 heteroatoms. The van der Waals surface area contributed by atoms with Crippen molar-refractivity contribution in [2.45, 2.75) is 83.6 Å². The molecule has 1 aliphatic heterocycles. The third-order valence-corrected chi connectivity index (χ3v) is 5.35. The Bertz CT molecular complexity index is 527. The zero-order chi connectivity index (χ0) is 17.4. The molecule has 3 nitrogen and oxygen atoms in total. The quantitative estimate of drug-likeness (QED) is 0.531. The number of unbranched alkanes of at least 4 members (excludes halogenated alkanes) is 8. The van der Waals surface area contributed by atoms with Gasteiger partial charge in [-0.25, -0.2) is 4.79 Å². The van der Waals surface area contributed by atoms with Gasteiger partial charge in [0, 0.05) is 18.8 Å². The van der Waals surface area contributed by atoms with E-state index >= 15 is 0 Å².